The Morgan fingerprint density at radius 3 is 2.23 bits per heavy atom. The number of nitrogens with zero attached hydrogens (tertiary/aromatic N) is 1. The maximum atomic E-state index is 13.7. The molecular weight excluding hydrogens is 402 g/mol. The molecule has 7 heteroatoms. The van der Waals surface area contributed by atoms with Gasteiger partial charge in [0.25, 0.3) is 11.8 Å². The summed E-state index contributed by atoms with van der Waals surface area (Å²) in [4.78, 5) is 27.6. The van der Waals surface area contributed by atoms with Crippen LogP contribution in [-0.2, 0) is 9.59 Å². The third kappa shape index (κ3) is 3.90. The average Bonchev–Trinajstić information content (AvgIpc) is 3.01. The fraction of sp³-hybridized carbons (Fsp3) is 0.0833. The second-order valence-electron chi connectivity index (χ2n) is 6.74. The molecule has 156 valence electrons. The minimum Gasteiger partial charge on any atom is -0.494 e. The molecule has 31 heavy (non-hydrogen) atoms. The predicted molar refractivity (Wildman–Crippen MR) is 113 cm³/mol. The first kappa shape index (κ1) is 20.3. The first-order chi connectivity index (χ1) is 15.0. The van der Waals surface area contributed by atoms with Crippen molar-refractivity contribution >= 4 is 28.8 Å². The van der Waals surface area contributed by atoms with Crippen LogP contribution in [0.5, 0.6) is 5.75 Å². The van der Waals surface area contributed by atoms with Crippen LogP contribution in [-0.4, -0.2) is 18.4 Å². The number of benzene rings is 3. The van der Waals surface area contributed by atoms with Crippen LogP contribution in [0.1, 0.15) is 12.5 Å². The zero-order valence-electron chi connectivity index (χ0n) is 16.6. The van der Waals surface area contributed by atoms with Crippen LogP contribution in [0, 0.1) is 11.6 Å². The number of imide groups is 1. The van der Waals surface area contributed by atoms with Gasteiger partial charge in [-0.3, -0.25) is 9.59 Å². The minimum absolute atomic E-state index is 0.0241. The van der Waals surface area contributed by atoms with Crippen LogP contribution in [0.25, 0.3) is 5.57 Å². The van der Waals surface area contributed by atoms with E-state index in [1.807, 2.05) is 6.92 Å². The van der Waals surface area contributed by atoms with Crippen molar-refractivity contribution in [2.45, 2.75) is 6.92 Å². The highest BCUT2D eigenvalue weighted by Crippen LogP contribution is 2.34. The van der Waals surface area contributed by atoms with Gasteiger partial charge < -0.3 is 10.1 Å². The van der Waals surface area contributed by atoms with E-state index in [1.165, 1.54) is 6.07 Å². The Kier molecular flexibility index (Phi) is 5.49. The number of amides is 2. The first-order valence-electron chi connectivity index (χ1n) is 9.63. The molecular formula is C24H18F2N2O3. The van der Waals surface area contributed by atoms with Gasteiger partial charge in [0, 0.05) is 11.8 Å². The fourth-order valence-corrected chi connectivity index (χ4v) is 3.33. The second kappa shape index (κ2) is 8.39. The van der Waals surface area contributed by atoms with Crippen molar-refractivity contribution < 1.29 is 23.1 Å². The summed E-state index contributed by atoms with van der Waals surface area (Å²) in [7, 11) is 0. The molecule has 3 aromatic carbocycles. The van der Waals surface area contributed by atoms with E-state index in [2.05, 4.69) is 5.32 Å². The number of nitrogens with one attached hydrogen (secondary N) is 1. The number of para-hydroxylation sites is 1. The quantitative estimate of drug-likeness (QED) is 0.584. The average molecular weight is 420 g/mol. The number of carbonyl (C=O) groups excluding carboxylic acids is 2. The third-order valence-electron chi connectivity index (χ3n) is 4.74. The molecule has 0 atom stereocenters. The number of halogens is 2. The van der Waals surface area contributed by atoms with Crippen molar-refractivity contribution in [1.82, 2.24) is 0 Å². The van der Waals surface area contributed by atoms with Gasteiger partial charge in [0.1, 0.15) is 11.4 Å². The summed E-state index contributed by atoms with van der Waals surface area (Å²) in [6.07, 6.45) is 0. The molecule has 0 radical (unpaired) electrons. The standard InChI is InChI=1S/C24H18F2N2O3/c1-2-31-18-11-8-15(9-12-18)21-22(27-16-10-13-19(25)20(26)14-16)24(30)28(23(21)29)17-6-4-3-5-7-17/h3-14,27H,2H2,1H3. The van der Waals surface area contributed by atoms with E-state index in [9.17, 15) is 18.4 Å². The molecule has 0 spiro atoms. The SMILES string of the molecule is CCOc1ccc(C2=C(Nc3ccc(F)c(F)c3)C(=O)N(c3ccccc3)C2=O)cc1. The van der Waals surface area contributed by atoms with Crippen molar-refractivity contribution in [2.75, 3.05) is 16.8 Å². The van der Waals surface area contributed by atoms with Crippen LogP contribution in [0.4, 0.5) is 20.2 Å². The van der Waals surface area contributed by atoms with Gasteiger partial charge in [-0.05, 0) is 48.9 Å². The zero-order valence-corrected chi connectivity index (χ0v) is 16.6. The molecule has 0 fully saturated rings. The Bertz CT molecular complexity index is 1180. The van der Waals surface area contributed by atoms with Gasteiger partial charge in [0.15, 0.2) is 11.6 Å². The third-order valence-corrected chi connectivity index (χ3v) is 4.74. The van der Waals surface area contributed by atoms with Crippen LogP contribution >= 0.6 is 0 Å². The lowest BCUT2D eigenvalue weighted by Crippen LogP contribution is -2.32. The maximum absolute atomic E-state index is 13.7. The van der Waals surface area contributed by atoms with Crippen LogP contribution < -0.4 is 15.0 Å². The van der Waals surface area contributed by atoms with Gasteiger partial charge in [0.05, 0.1) is 17.9 Å². The van der Waals surface area contributed by atoms with Crippen molar-refractivity contribution in [1.29, 1.82) is 0 Å². The summed E-state index contributed by atoms with van der Waals surface area (Å²) >= 11 is 0. The van der Waals surface area contributed by atoms with Crippen molar-refractivity contribution in [3.05, 3.63) is 95.7 Å². The molecule has 0 saturated carbocycles. The Morgan fingerprint density at radius 1 is 0.871 bits per heavy atom. The lowest BCUT2D eigenvalue weighted by atomic mass is 10.0. The molecule has 0 aliphatic carbocycles. The van der Waals surface area contributed by atoms with Crippen molar-refractivity contribution in [2.24, 2.45) is 0 Å². The summed E-state index contributed by atoms with van der Waals surface area (Å²) in [5.74, 6) is -2.56. The van der Waals surface area contributed by atoms with E-state index >= 15 is 0 Å². The van der Waals surface area contributed by atoms with E-state index in [0.717, 1.165) is 17.0 Å². The van der Waals surface area contributed by atoms with Gasteiger partial charge in [-0.2, -0.15) is 0 Å². The van der Waals surface area contributed by atoms with E-state index in [-0.39, 0.29) is 17.0 Å². The summed E-state index contributed by atoms with van der Waals surface area (Å²) in [6.45, 7) is 2.35. The topological polar surface area (TPSA) is 58.6 Å². The summed E-state index contributed by atoms with van der Waals surface area (Å²) in [5.41, 5.74) is 1.15. The number of hydrogen-bond donors (Lipinski definition) is 1. The molecule has 2 amide bonds. The number of ether oxygens (including phenoxy) is 1. The molecule has 0 aromatic heterocycles. The normalized spacial score (nSPS) is 13.7. The van der Waals surface area contributed by atoms with Crippen molar-refractivity contribution in [3.63, 3.8) is 0 Å². The molecule has 1 heterocycles. The van der Waals surface area contributed by atoms with Crippen LogP contribution in [0.3, 0.4) is 0 Å². The summed E-state index contributed by atoms with van der Waals surface area (Å²) in [6, 6.07) is 18.4. The first-order valence-corrected chi connectivity index (χ1v) is 9.63. The predicted octanol–water partition coefficient (Wildman–Crippen LogP) is 4.76. The molecule has 1 N–H and O–H groups in total. The van der Waals surface area contributed by atoms with Crippen LogP contribution in [0.15, 0.2) is 78.5 Å². The van der Waals surface area contributed by atoms with E-state index < -0.39 is 23.4 Å². The summed E-state index contributed by atoms with van der Waals surface area (Å²) < 4.78 is 32.5. The fourth-order valence-electron chi connectivity index (χ4n) is 3.33. The number of rotatable bonds is 6. The number of hydrogen-bond acceptors (Lipinski definition) is 4. The monoisotopic (exact) mass is 420 g/mol. The van der Waals surface area contributed by atoms with Gasteiger partial charge in [0.2, 0.25) is 0 Å². The zero-order chi connectivity index (χ0) is 22.0. The molecule has 0 bridgehead atoms. The van der Waals surface area contributed by atoms with E-state index in [1.54, 1.807) is 54.6 Å². The van der Waals surface area contributed by atoms with E-state index in [4.69, 9.17) is 4.74 Å². The minimum atomic E-state index is -1.06. The van der Waals surface area contributed by atoms with Crippen molar-refractivity contribution in [3.8, 4) is 5.75 Å². The lowest BCUT2D eigenvalue weighted by molar-refractivity contribution is -0.120. The molecule has 1 aliphatic heterocycles. The Morgan fingerprint density at radius 2 is 1.58 bits per heavy atom. The molecule has 5 nitrogen and oxygen atoms in total. The van der Waals surface area contributed by atoms with Gasteiger partial charge in [-0.1, -0.05) is 30.3 Å². The Labute approximate surface area is 177 Å². The molecule has 1 aliphatic rings. The smallest absolute Gasteiger partial charge is 0.282 e. The Hall–Kier alpha value is -4.00. The highest BCUT2D eigenvalue weighted by atomic mass is 19.2. The van der Waals surface area contributed by atoms with Gasteiger partial charge >= 0.3 is 0 Å². The molecule has 0 unspecified atom stereocenters. The Balaban J connectivity index is 1.79. The van der Waals surface area contributed by atoms with E-state index in [0.29, 0.717) is 23.6 Å². The van der Waals surface area contributed by atoms with Gasteiger partial charge in [-0.15, -0.1) is 0 Å². The highest BCUT2D eigenvalue weighted by molar-refractivity contribution is 6.46. The lowest BCUT2D eigenvalue weighted by Gasteiger charge is -2.15. The highest BCUT2D eigenvalue weighted by Gasteiger charge is 2.40. The van der Waals surface area contributed by atoms with Gasteiger partial charge in [-0.25, -0.2) is 13.7 Å². The molecule has 3 aromatic rings. The number of carbonyl (C=O) groups is 2. The second-order valence-corrected chi connectivity index (χ2v) is 6.74. The molecule has 4 rings (SSSR count). The summed E-state index contributed by atoms with van der Waals surface area (Å²) in [5, 5.41) is 2.81. The van der Waals surface area contributed by atoms with Crippen LogP contribution in [0.2, 0.25) is 0 Å². The molecule has 0 saturated heterocycles. The maximum Gasteiger partial charge on any atom is 0.282 e. The largest absolute Gasteiger partial charge is 0.494 e. The number of anilines is 2.